The van der Waals surface area contributed by atoms with Crippen molar-refractivity contribution >= 4 is 51.8 Å². The first-order valence-corrected chi connectivity index (χ1v) is 7.70. The van der Waals surface area contributed by atoms with Crippen LogP contribution < -0.4 is 5.32 Å². The standard InChI is InChI=1S/C14H10BrClN2O3S/c15-11-6-12(18(20)21)10(5-13(11)22)14(19)17-7-8-1-3-9(16)4-2-8/h1-6,22H,7H2,(H,17,19). The molecule has 1 N–H and O–H groups in total. The number of amides is 1. The van der Waals surface area contributed by atoms with Gasteiger partial charge in [-0.05, 0) is 39.7 Å². The predicted molar refractivity (Wildman–Crippen MR) is 90.7 cm³/mol. The molecule has 0 spiro atoms. The number of halogens is 2. The Kier molecular flexibility index (Phi) is 5.44. The van der Waals surface area contributed by atoms with E-state index in [2.05, 4.69) is 33.9 Å². The van der Waals surface area contributed by atoms with Crippen LogP contribution in [-0.2, 0) is 6.54 Å². The highest BCUT2D eigenvalue weighted by Gasteiger charge is 2.22. The molecule has 0 saturated heterocycles. The first kappa shape index (κ1) is 16.8. The quantitative estimate of drug-likeness (QED) is 0.457. The summed E-state index contributed by atoms with van der Waals surface area (Å²) < 4.78 is 0.455. The van der Waals surface area contributed by atoms with E-state index in [9.17, 15) is 14.9 Å². The van der Waals surface area contributed by atoms with Crippen LogP contribution in [0.3, 0.4) is 0 Å². The highest BCUT2D eigenvalue weighted by Crippen LogP contribution is 2.29. The number of rotatable bonds is 4. The molecule has 1 amide bonds. The van der Waals surface area contributed by atoms with E-state index < -0.39 is 10.8 Å². The molecule has 0 fully saturated rings. The van der Waals surface area contributed by atoms with Gasteiger partial charge in [0.15, 0.2) is 0 Å². The minimum Gasteiger partial charge on any atom is -0.348 e. The van der Waals surface area contributed by atoms with Crippen molar-refractivity contribution in [1.29, 1.82) is 0 Å². The van der Waals surface area contributed by atoms with Crippen molar-refractivity contribution in [3.8, 4) is 0 Å². The van der Waals surface area contributed by atoms with Gasteiger partial charge in [-0.25, -0.2) is 0 Å². The Labute approximate surface area is 145 Å². The number of carbonyl (C=O) groups excluding carboxylic acids is 1. The van der Waals surface area contributed by atoms with Crippen molar-refractivity contribution < 1.29 is 9.72 Å². The number of nitrogens with one attached hydrogen (secondary N) is 1. The molecule has 0 radical (unpaired) electrons. The van der Waals surface area contributed by atoms with Gasteiger partial charge in [-0.3, -0.25) is 14.9 Å². The zero-order valence-electron chi connectivity index (χ0n) is 11.0. The van der Waals surface area contributed by atoms with E-state index in [1.807, 2.05) is 0 Å². The van der Waals surface area contributed by atoms with Gasteiger partial charge in [0, 0.05) is 27.0 Å². The number of nitro groups is 1. The van der Waals surface area contributed by atoms with Crippen LogP contribution in [-0.4, -0.2) is 10.8 Å². The van der Waals surface area contributed by atoms with Crippen LogP contribution in [0, 0.1) is 10.1 Å². The summed E-state index contributed by atoms with van der Waals surface area (Å²) >= 11 is 13.1. The van der Waals surface area contributed by atoms with Crippen LogP contribution >= 0.6 is 40.2 Å². The van der Waals surface area contributed by atoms with E-state index in [1.54, 1.807) is 24.3 Å². The predicted octanol–water partition coefficient (Wildman–Crippen LogP) is 4.23. The summed E-state index contributed by atoms with van der Waals surface area (Å²) in [6.45, 7) is 0.241. The molecular weight excluding hydrogens is 392 g/mol. The summed E-state index contributed by atoms with van der Waals surface area (Å²) in [5.41, 5.74) is 0.522. The molecule has 0 atom stereocenters. The van der Waals surface area contributed by atoms with Gasteiger partial charge in [0.25, 0.3) is 11.6 Å². The third-order valence-corrected chi connectivity index (χ3v) is 4.46. The first-order chi connectivity index (χ1) is 10.4. The summed E-state index contributed by atoms with van der Waals surface area (Å²) in [7, 11) is 0. The monoisotopic (exact) mass is 400 g/mol. The highest BCUT2D eigenvalue weighted by molar-refractivity contribution is 9.10. The maximum atomic E-state index is 12.2. The molecule has 0 aliphatic heterocycles. The Morgan fingerprint density at radius 1 is 1.32 bits per heavy atom. The van der Waals surface area contributed by atoms with Gasteiger partial charge in [-0.15, -0.1) is 12.6 Å². The zero-order chi connectivity index (χ0) is 16.3. The van der Waals surface area contributed by atoms with Crippen molar-refractivity contribution in [2.75, 3.05) is 0 Å². The maximum absolute atomic E-state index is 12.2. The average molecular weight is 402 g/mol. The first-order valence-electron chi connectivity index (χ1n) is 6.08. The second-order valence-electron chi connectivity index (χ2n) is 4.39. The van der Waals surface area contributed by atoms with Gasteiger partial charge in [-0.2, -0.15) is 0 Å². The van der Waals surface area contributed by atoms with E-state index in [0.29, 0.717) is 14.4 Å². The minimum absolute atomic E-state index is 0.0350. The summed E-state index contributed by atoms with van der Waals surface area (Å²) in [5.74, 6) is -0.538. The normalized spacial score (nSPS) is 10.3. The summed E-state index contributed by atoms with van der Waals surface area (Å²) in [5, 5.41) is 14.3. The minimum atomic E-state index is -0.602. The Morgan fingerprint density at radius 3 is 2.55 bits per heavy atom. The van der Waals surface area contributed by atoms with Crippen molar-refractivity contribution in [2.45, 2.75) is 11.4 Å². The fourth-order valence-electron chi connectivity index (χ4n) is 1.76. The lowest BCUT2D eigenvalue weighted by molar-refractivity contribution is -0.385. The van der Waals surface area contributed by atoms with Crippen molar-refractivity contribution in [3.63, 3.8) is 0 Å². The van der Waals surface area contributed by atoms with Gasteiger partial charge < -0.3 is 5.32 Å². The fraction of sp³-hybridized carbons (Fsp3) is 0.0714. The molecule has 0 aliphatic carbocycles. The van der Waals surface area contributed by atoms with Gasteiger partial charge in [0.1, 0.15) is 5.56 Å². The smallest absolute Gasteiger partial charge is 0.283 e. The van der Waals surface area contributed by atoms with E-state index in [4.69, 9.17) is 11.6 Å². The number of thiol groups is 1. The summed E-state index contributed by atoms with van der Waals surface area (Å²) in [6.07, 6.45) is 0. The van der Waals surface area contributed by atoms with Crippen LogP contribution in [0.4, 0.5) is 5.69 Å². The molecule has 114 valence electrons. The second kappa shape index (κ2) is 7.13. The molecule has 0 aliphatic rings. The molecule has 0 bridgehead atoms. The molecule has 5 nitrogen and oxygen atoms in total. The molecule has 22 heavy (non-hydrogen) atoms. The van der Waals surface area contributed by atoms with Gasteiger partial charge in [-0.1, -0.05) is 23.7 Å². The third-order valence-electron chi connectivity index (χ3n) is 2.87. The highest BCUT2D eigenvalue weighted by atomic mass is 79.9. The number of carbonyl (C=O) groups is 1. The van der Waals surface area contributed by atoms with Crippen LogP contribution in [0.25, 0.3) is 0 Å². The van der Waals surface area contributed by atoms with Crippen molar-refractivity contribution in [3.05, 3.63) is 67.1 Å². The van der Waals surface area contributed by atoms with Crippen molar-refractivity contribution in [1.82, 2.24) is 5.32 Å². The Bertz CT molecular complexity index is 738. The molecule has 2 aromatic carbocycles. The molecule has 0 heterocycles. The van der Waals surface area contributed by atoms with E-state index >= 15 is 0 Å². The Morgan fingerprint density at radius 2 is 1.95 bits per heavy atom. The third kappa shape index (κ3) is 4.00. The lowest BCUT2D eigenvalue weighted by Gasteiger charge is -2.08. The SMILES string of the molecule is O=C(NCc1ccc(Cl)cc1)c1cc(S)c(Br)cc1[N+](=O)[O-]. The lowest BCUT2D eigenvalue weighted by atomic mass is 10.1. The molecule has 0 unspecified atom stereocenters. The number of hydrogen-bond donors (Lipinski definition) is 2. The van der Waals surface area contributed by atoms with Gasteiger partial charge in [0.2, 0.25) is 0 Å². The van der Waals surface area contributed by atoms with Gasteiger partial charge in [0.05, 0.1) is 4.92 Å². The van der Waals surface area contributed by atoms with Crippen LogP contribution in [0.2, 0.25) is 5.02 Å². The van der Waals surface area contributed by atoms with Crippen LogP contribution in [0.15, 0.2) is 45.8 Å². The molecule has 8 heteroatoms. The number of benzene rings is 2. The molecule has 2 aromatic rings. The summed E-state index contributed by atoms with van der Waals surface area (Å²) in [6, 6.07) is 9.57. The molecular formula is C14H10BrClN2O3S. The summed E-state index contributed by atoms with van der Waals surface area (Å²) in [4.78, 5) is 23.1. The molecule has 2 rings (SSSR count). The van der Waals surface area contributed by atoms with E-state index in [1.165, 1.54) is 12.1 Å². The number of nitro benzene ring substituents is 1. The van der Waals surface area contributed by atoms with Crippen LogP contribution in [0.1, 0.15) is 15.9 Å². The Hall–Kier alpha value is -1.57. The van der Waals surface area contributed by atoms with Gasteiger partial charge >= 0.3 is 0 Å². The largest absolute Gasteiger partial charge is 0.348 e. The van der Waals surface area contributed by atoms with Crippen LogP contribution in [0.5, 0.6) is 0 Å². The molecule has 0 saturated carbocycles. The zero-order valence-corrected chi connectivity index (χ0v) is 14.3. The van der Waals surface area contributed by atoms with Crippen molar-refractivity contribution in [2.24, 2.45) is 0 Å². The number of nitrogens with zero attached hydrogens (tertiary/aromatic N) is 1. The maximum Gasteiger partial charge on any atom is 0.283 e. The second-order valence-corrected chi connectivity index (χ2v) is 6.16. The Balaban J connectivity index is 2.20. The van der Waals surface area contributed by atoms with E-state index in [-0.39, 0.29) is 17.8 Å². The fourth-order valence-corrected chi connectivity index (χ4v) is 2.42. The average Bonchev–Trinajstić information content (AvgIpc) is 2.48. The lowest BCUT2D eigenvalue weighted by Crippen LogP contribution is -2.23. The number of hydrogen-bond acceptors (Lipinski definition) is 4. The molecule has 0 aromatic heterocycles. The topological polar surface area (TPSA) is 72.2 Å². The van der Waals surface area contributed by atoms with E-state index in [0.717, 1.165) is 5.56 Å².